The van der Waals surface area contributed by atoms with Gasteiger partial charge in [-0.1, -0.05) is 0 Å². The first-order chi connectivity index (χ1) is 5.26. The molecule has 0 saturated carbocycles. The molecule has 0 bridgehead atoms. The van der Waals surface area contributed by atoms with Gasteiger partial charge in [0, 0.05) is 12.1 Å². The lowest BCUT2D eigenvalue weighted by atomic mass is 10.3. The average Bonchev–Trinajstić information content (AvgIpc) is 2.03. The number of aliphatic hydroxyl groups excluding tert-OH is 1. The Morgan fingerprint density at radius 3 is 2.91 bits per heavy atom. The van der Waals surface area contributed by atoms with Crippen LogP contribution >= 0.6 is 0 Å². The van der Waals surface area contributed by atoms with Crippen LogP contribution < -0.4 is 4.74 Å². The zero-order chi connectivity index (χ0) is 8.27. The van der Waals surface area contributed by atoms with E-state index < -0.39 is 5.95 Å². The maximum atomic E-state index is 12.5. The van der Waals surface area contributed by atoms with Gasteiger partial charge in [-0.15, -0.1) is 0 Å². The highest BCUT2D eigenvalue weighted by atomic mass is 19.1. The van der Waals surface area contributed by atoms with Crippen LogP contribution in [0, 0.1) is 5.95 Å². The second-order valence-corrected chi connectivity index (χ2v) is 1.98. The monoisotopic (exact) mass is 157 g/mol. The summed E-state index contributed by atoms with van der Waals surface area (Å²) >= 11 is 0. The fourth-order valence-corrected chi connectivity index (χ4v) is 0.724. The number of ether oxygens (including phenoxy) is 1. The molecule has 3 nitrogen and oxygen atoms in total. The lowest BCUT2D eigenvalue weighted by molar-refractivity contribution is 0.273. The highest BCUT2D eigenvalue weighted by Crippen LogP contribution is 2.12. The van der Waals surface area contributed by atoms with Gasteiger partial charge in [0.15, 0.2) is 0 Å². The molecule has 0 aromatic carbocycles. The van der Waals surface area contributed by atoms with Crippen LogP contribution in [0.1, 0.15) is 5.69 Å². The summed E-state index contributed by atoms with van der Waals surface area (Å²) in [6, 6.07) is 2.63. The Bertz CT molecular complexity index is 230. The molecule has 1 heterocycles. The minimum absolute atomic E-state index is 0.266. The molecule has 0 saturated heterocycles. The maximum Gasteiger partial charge on any atom is 0.216 e. The van der Waals surface area contributed by atoms with Crippen molar-refractivity contribution < 1.29 is 14.2 Å². The largest absolute Gasteiger partial charge is 0.497 e. The van der Waals surface area contributed by atoms with E-state index in [4.69, 9.17) is 9.84 Å². The van der Waals surface area contributed by atoms with Crippen LogP contribution in [0.15, 0.2) is 12.1 Å². The number of methoxy groups -OCH3 is 1. The predicted molar refractivity (Wildman–Crippen MR) is 36.7 cm³/mol. The molecule has 0 amide bonds. The molecule has 0 atom stereocenters. The summed E-state index contributed by atoms with van der Waals surface area (Å²) in [5.74, 6) is -0.282. The molecule has 1 rings (SSSR count). The lowest BCUT2D eigenvalue weighted by Gasteiger charge is -2.00. The van der Waals surface area contributed by atoms with Crippen LogP contribution in [-0.4, -0.2) is 17.2 Å². The Hall–Kier alpha value is -1.16. The third kappa shape index (κ3) is 1.88. The summed E-state index contributed by atoms with van der Waals surface area (Å²) in [4.78, 5) is 3.40. The molecule has 60 valence electrons. The second-order valence-electron chi connectivity index (χ2n) is 1.98. The predicted octanol–water partition coefficient (Wildman–Crippen LogP) is 0.722. The zero-order valence-electron chi connectivity index (χ0n) is 6.04. The van der Waals surface area contributed by atoms with Gasteiger partial charge in [-0.3, -0.25) is 0 Å². The van der Waals surface area contributed by atoms with Gasteiger partial charge in [0.2, 0.25) is 5.95 Å². The van der Waals surface area contributed by atoms with Crippen molar-refractivity contribution in [2.45, 2.75) is 6.61 Å². The van der Waals surface area contributed by atoms with Crippen molar-refractivity contribution >= 4 is 0 Å². The fraction of sp³-hybridized carbons (Fsp3) is 0.286. The molecular formula is C7H8FNO2. The van der Waals surface area contributed by atoms with Gasteiger partial charge in [-0.05, 0) is 0 Å². The molecule has 0 fully saturated rings. The highest BCUT2D eigenvalue weighted by molar-refractivity contribution is 5.22. The maximum absolute atomic E-state index is 12.5. The quantitative estimate of drug-likeness (QED) is 0.643. The number of nitrogens with zero attached hydrogens (tertiary/aromatic N) is 1. The number of hydrogen-bond donors (Lipinski definition) is 1. The normalized spacial score (nSPS) is 9.73. The van der Waals surface area contributed by atoms with E-state index >= 15 is 0 Å². The molecule has 0 spiro atoms. The summed E-state index contributed by atoms with van der Waals surface area (Å²) in [6.45, 7) is -0.284. The Labute approximate surface area is 63.5 Å². The van der Waals surface area contributed by atoms with Gasteiger partial charge in [0.1, 0.15) is 5.75 Å². The number of hydrogen-bond acceptors (Lipinski definition) is 3. The van der Waals surface area contributed by atoms with E-state index in [9.17, 15) is 4.39 Å². The van der Waals surface area contributed by atoms with Crippen molar-refractivity contribution in [3.63, 3.8) is 0 Å². The van der Waals surface area contributed by atoms with Crippen LogP contribution in [0.2, 0.25) is 0 Å². The smallest absolute Gasteiger partial charge is 0.216 e. The molecule has 0 unspecified atom stereocenters. The van der Waals surface area contributed by atoms with Crippen LogP contribution in [0.4, 0.5) is 4.39 Å². The Balaban J connectivity index is 3.02. The van der Waals surface area contributed by atoms with Crippen molar-refractivity contribution in [1.29, 1.82) is 0 Å². The van der Waals surface area contributed by atoms with Crippen LogP contribution in [-0.2, 0) is 6.61 Å². The van der Waals surface area contributed by atoms with E-state index in [2.05, 4.69) is 4.98 Å². The first kappa shape index (κ1) is 7.94. The van der Waals surface area contributed by atoms with Gasteiger partial charge in [-0.25, -0.2) is 4.98 Å². The average molecular weight is 157 g/mol. The van der Waals surface area contributed by atoms with Gasteiger partial charge >= 0.3 is 0 Å². The topological polar surface area (TPSA) is 42.4 Å². The van der Waals surface area contributed by atoms with Crippen LogP contribution in [0.25, 0.3) is 0 Å². The molecule has 1 N–H and O–H groups in total. The van der Waals surface area contributed by atoms with E-state index in [1.54, 1.807) is 0 Å². The molecule has 0 aliphatic carbocycles. The van der Waals surface area contributed by atoms with Gasteiger partial charge in [0.05, 0.1) is 19.4 Å². The Morgan fingerprint density at radius 1 is 1.64 bits per heavy atom. The van der Waals surface area contributed by atoms with Crippen molar-refractivity contribution in [2.75, 3.05) is 7.11 Å². The number of halogens is 1. The summed E-state index contributed by atoms with van der Waals surface area (Å²) in [6.07, 6.45) is 0. The number of rotatable bonds is 2. The molecule has 1 aromatic heterocycles. The van der Waals surface area contributed by atoms with Crippen LogP contribution in [0.3, 0.4) is 0 Å². The third-order valence-corrected chi connectivity index (χ3v) is 1.22. The summed E-state index contributed by atoms with van der Waals surface area (Å²) < 4.78 is 17.2. The molecule has 11 heavy (non-hydrogen) atoms. The molecule has 0 aliphatic heterocycles. The first-order valence-corrected chi connectivity index (χ1v) is 3.07. The Morgan fingerprint density at radius 2 is 2.36 bits per heavy atom. The summed E-state index contributed by atoms with van der Waals surface area (Å²) in [7, 11) is 1.43. The van der Waals surface area contributed by atoms with Gasteiger partial charge < -0.3 is 9.84 Å². The zero-order valence-corrected chi connectivity index (χ0v) is 6.04. The molecule has 1 aromatic rings. The van der Waals surface area contributed by atoms with Crippen molar-refractivity contribution in [3.8, 4) is 5.75 Å². The number of aliphatic hydroxyl groups is 1. The lowest BCUT2D eigenvalue weighted by Crippen LogP contribution is -1.94. The van der Waals surface area contributed by atoms with Crippen molar-refractivity contribution in [1.82, 2.24) is 4.98 Å². The summed E-state index contributed by atoms with van der Waals surface area (Å²) in [5, 5.41) is 8.60. The first-order valence-electron chi connectivity index (χ1n) is 3.07. The highest BCUT2D eigenvalue weighted by Gasteiger charge is 2.00. The number of pyridine rings is 1. The molecule has 4 heteroatoms. The molecule has 0 aliphatic rings. The summed E-state index contributed by atoms with van der Waals surface area (Å²) in [5.41, 5.74) is 0.266. The standard InChI is InChI=1S/C7H8FNO2/c1-11-6-2-5(4-10)9-7(8)3-6/h2-3,10H,4H2,1H3. The fourth-order valence-electron chi connectivity index (χ4n) is 0.724. The van der Waals surface area contributed by atoms with E-state index in [1.165, 1.54) is 13.2 Å². The van der Waals surface area contributed by atoms with Crippen LogP contribution in [0.5, 0.6) is 5.75 Å². The third-order valence-electron chi connectivity index (χ3n) is 1.22. The van der Waals surface area contributed by atoms with Crippen molar-refractivity contribution in [2.24, 2.45) is 0 Å². The van der Waals surface area contributed by atoms with Gasteiger partial charge in [-0.2, -0.15) is 4.39 Å². The van der Waals surface area contributed by atoms with E-state index in [0.29, 0.717) is 5.75 Å². The SMILES string of the molecule is COc1cc(F)nc(CO)c1. The minimum Gasteiger partial charge on any atom is -0.497 e. The Kier molecular flexibility index (Phi) is 2.38. The van der Waals surface area contributed by atoms with Crippen molar-refractivity contribution in [3.05, 3.63) is 23.8 Å². The number of aromatic nitrogens is 1. The molecular weight excluding hydrogens is 149 g/mol. The van der Waals surface area contributed by atoms with E-state index in [1.807, 2.05) is 0 Å². The van der Waals surface area contributed by atoms with Gasteiger partial charge in [0.25, 0.3) is 0 Å². The van der Waals surface area contributed by atoms with E-state index in [-0.39, 0.29) is 12.3 Å². The minimum atomic E-state index is -0.645. The second kappa shape index (κ2) is 3.30. The van der Waals surface area contributed by atoms with E-state index in [0.717, 1.165) is 6.07 Å². The molecule has 0 radical (unpaired) electrons.